The predicted molar refractivity (Wildman–Crippen MR) is 76.5 cm³/mol. The maximum absolute atomic E-state index is 12.3. The Hall–Kier alpha value is -0.655. The van der Waals surface area contributed by atoms with Gasteiger partial charge in [-0.25, -0.2) is 0 Å². The lowest BCUT2D eigenvalue weighted by molar-refractivity contribution is -0.0498. The molecule has 0 saturated carbocycles. The van der Waals surface area contributed by atoms with Gasteiger partial charge in [-0.2, -0.15) is 8.78 Å². The Labute approximate surface area is 125 Å². The van der Waals surface area contributed by atoms with E-state index in [4.69, 9.17) is 9.31 Å². The average Bonchev–Trinajstić information content (AvgIpc) is 2.46. The molecule has 1 aromatic carbocycles. The zero-order valence-electron chi connectivity index (χ0n) is 11.7. The third-order valence-electron chi connectivity index (χ3n) is 3.64. The van der Waals surface area contributed by atoms with Crippen molar-refractivity contribution in [3.8, 4) is 5.75 Å². The first-order chi connectivity index (χ1) is 9.10. The molecule has 0 bridgehead atoms. The summed E-state index contributed by atoms with van der Waals surface area (Å²) in [6.45, 7) is 4.86. The predicted octanol–water partition coefficient (Wildman–Crippen LogP) is 3.35. The molecule has 0 amide bonds. The van der Waals surface area contributed by atoms with Crippen LogP contribution in [0.25, 0.3) is 0 Å². The number of ether oxygens (including phenoxy) is 1. The summed E-state index contributed by atoms with van der Waals surface area (Å²) in [5, 5.41) is 0. The van der Waals surface area contributed by atoms with Crippen molar-refractivity contribution < 1.29 is 22.8 Å². The normalized spacial score (nSPS) is 20.5. The summed E-state index contributed by atoms with van der Waals surface area (Å²) in [4.78, 5) is 0. The minimum atomic E-state index is -2.87. The zero-order chi connectivity index (χ0) is 15.1. The van der Waals surface area contributed by atoms with E-state index >= 15 is 0 Å². The van der Waals surface area contributed by atoms with Crippen molar-refractivity contribution in [2.75, 3.05) is 0 Å². The van der Waals surface area contributed by atoms with Gasteiger partial charge in [0, 0.05) is 4.47 Å². The van der Waals surface area contributed by atoms with Crippen molar-refractivity contribution >= 4 is 28.5 Å². The SMILES string of the molecule is CC1(C)OB(c2cc(Br)cc(OC(F)F)c2)OC1(C)C. The maximum Gasteiger partial charge on any atom is 0.495 e. The highest BCUT2D eigenvalue weighted by Gasteiger charge is 2.51. The van der Waals surface area contributed by atoms with Crippen molar-refractivity contribution in [2.45, 2.75) is 45.5 Å². The van der Waals surface area contributed by atoms with Crippen molar-refractivity contribution in [1.29, 1.82) is 0 Å². The number of hydrogen-bond acceptors (Lipinski definition) is 3. The first-order valence-corrected chi connectivity index (χ1v) is 7.01. The second kappa shape index (κ2) is 5.28. The number of benzene rings is 1. The van der Waals surface area contributed by atoms with Crippen molar-refractivity contribution in [2.24, 2.45) is 0 Å². The molecule has 0 atom stereocenters. The number of halogens is 3. The van der Waals surface area contributed by atoms with Crippen LogP contribution in [0.15, 0.2) is 22.7 Å². The fraction of sp³-hybridized carbons (Fsp3) is 0.538. The van der Waals surface area contributed by atoms with Crippen LogP contribution in [0.1, 0.15) is 27.7 Å². The van der Waals surface area contributed by atoms with Crippen molar-refractivity contribution in [3.63, 3.8) is 0 Å². The minimum Gasteiger partial charge on any atom is -0.435 e. The van der Waals surface area contributed by atoms with E-state index in [-0.39, 0.29) is 5.75 Å². The third kappa shape index (κ3) is 3.15. The summed E-state index contributed by atoms with van der Waals surface area (Å²) < 4.78 is 41.4. The first-order valence-electron chi connectivity index (χ1n) is 6.22. The smallest absolute Gasteiger partial charge is 0.435 e. The summed E-state index contributed by atoms with van der Waals surface area (Å²) >= 11 is 3.27. The molecule has 1 aliphatic heterocycles. The van der Waals surface area contributed by atoms with Crippen LogP contribution in [0.4, 0.5) is 8.78 Å². The van der Waals surface area contributed by atoms with Gasteiger partial charge in [-0.05, 0) is 51.4 Å². The van der Waals surface area contributed by atoms with Gasteiger partial charge in [0.2, 0.25) is 0 Å². The van der Waals surface area contributed by atoms with E-state index in [9.17, 15) is 8.78 Å². The van der Waals surface area contributed by atoms with E-state index in [1.54, 1.807) is 6.07 Å². The number of alkyl halides is 2. The topological polar surface area (TPSA) is 27.7 Å². The Morgan fingerprint density at radius 3 is 2.15 bits per heavy atom. The molecule has 0 spiro atoms. The van der Waals surface area contributed by atoms with Crippen LogP contribution < -0.4 is 10.2 Å². The van der Waals surface area contributed by atoms with Gasteiger partial charge in [-0.15, -0.1) is 0 Å². The minimum absolute atomic E-state index is 0.0686. The van der Waals surface area contributed by atoms with Crippen LogP contribution in [-0.4, -0.2) is 24.9 Å². The number of rotatable bonds is 3. The van der Waals surface area contributed by atoms with Gasteiger partial charge in [0.05, 0.1) is 11.2 Å². The summed E-state index contributed by atoms with van der Waals surface area (Å²) in [5.74, 6) is 0.0686. The molecule has 1 aliphatic rings. The standard InChI is InChI=1S/C13H16BBrF2O3/c1-12(2)13(3,4)20-14(19-12)8-5-9(15)7-10(6-8)18-11(16)17/h5-7,11H,1-4H3. The highest BCUT2D eigenvalue weighted by Crippen LogP contribution is 2.36. The van der Waals surface area contributed by atoms with Gasteiger partial charge in [-0.1, -0.05) is 15.9 Å². The molecular weight excluding hydrogens is 333 g/mol. The Morgan fingerprint density at radius 2 is 1.65 bits per heavy atom. The molecule has 0 aliphatic carbocycles. The van der Waals surface area contributed by atoms with Gasteiger partial charge >= 0.3 is 13.7 Å². The zero-order valence-corrected chi connectivity index (χ0v) is 13.3. The van der Waals surface area contributed by atoms with Crippen LogP contribution in [0, 0.1) is 0 Å². The van der Waals surface area contributed by atoms with Gasteiger partial charge in [0.25, 0.3) is 0 Å². The fourth-order valence-corrected chi connectivity index (χ4v) is 2.36. The van der Waals surface area contributed by atoms with E-state index in [1.165, 1.54) is 12.1 Å². The molecule has 110 valence electrons. The van der Waals surface area contributed by atoms with Crippen LogP contribution in [0.2, 0.25) is 0 Å². The molecule has 1 fully saturated rings. The van der Waals surface area contributed by atoms with E-state index in [0.29, 0.717) is 9.94 Å². The monoisotopic (exact) mass is 348 g/mol. The largest absolute Gasteiger partial charge is 0.495 e. The summed E-state index contributed by atoms with van der Waals surface area (Å²) in [7, 11) is -0.613. The van der Waals surface area contributed by atoms with Crippen LogP contribution in [-0.2, 0) is 9.31 Å². The molecule has 0 radical (unpaired) electrons. The van der Waals surface area contributed by atoms with Crippen LogP contribution in [0.3, 0.4) is 0 Å². The lowest BCUT2D eigenvalue weighted by Gasteiger charge is -2.32. The van der Waals surface area contributed by atoms with Crippen molar-refractivity contribution in [3.05, 3.63) is 22.7 Å². The molecule has 3 nitrogen and oxygen atoms in total. The Kier molecular flexibility index (Phi) is 4.15. The lowest BCUT2D eigenvalue weighted by atomic mass is 9.79. The van der Waals surface area contributed by atoms with Crippen LogP contribution >= 0.6 is 15.9 Å². The lowest BCUT2D eigenvalue weighted by Crippen LogP contribution is -2.41. The average molecular weight is 349 g/mol. The Bertz CT molecular complexity index is 492. The molecular formula is C13H16BBrF2O3. The number of hydrogen-bond donors (Lipinski definition) is 0. The highest BCUT2D eigenvalue weighted by molar-refractivity contribution is 9.10. The Balaban J connectivity index is 2.28. The van der Waals surface area contributed by atoms with E-state index < -0.39 is 24.9 Å². The van der Waals surface area contributed by atoms with E-state index in [1.807, 2.05) is 27.7 Å². The van der Waals surface area contributed by atoms with Gasteiger partial charge in [0.1, 0.15) is 5.75 Å². The van der Waals surface area contributed by atoms with Gasteiger partial charge in [0.15, 0.2) is 0 Å². The van der Waals surface area contributed by atoms with E-state index in [0.717, 1.165) is 0 Å². The molecule has 1 saturated heterocycles. The van der Waals surface area contributed by atoms with Crippen molar-refractivity contribution in [1.82, 2.24) is 0 Å². The molecule has 0 N–H and O–H groups in total. The van der Waals surface area contributed by atoms with Gasteiger partial charge in [-0.3, -0.25) is 0 Å². The second-order valence-electron chi connectivity index (χ2n) is 5.69. The summed E-state index contributed by atoms with van der Waals surface area (Å²) in [5.41, 5.74) is -0.332. The van der Waals surface area contributed by atoms with E-state index in [2.05, 4.69) is 20.7 Å². The maximum atomic E-state index is 12.3. The second-order valence-corrected chi connectivity index (χ2v) is 6.60. The van der Waals surface area contributed by atoms with Gasteiger partial charge < -0.3 is 14.0 Å². The fourth-order valence-electron chi connectivity index (χ4n) is 1.87. The molecule has 7 heteroatoms. The molecule has 1 aromatic rings. The molecule has 0 unspecified atom stereocenters. The van der Waals surface area contributed by atoms with Crippen LogP contribution in [0.5, 0.6) is 5.75 Å². The molecule has 0 aromatic heterocycles. The first kappa shape index (κ1) is 15.7. The summed E-state index contributed by atoms with van der Waals surface area (Å²) in [6.07, 6.45) is 0. The molecule has 1 heterocycles. The molecule has 20 heavy (non-hydrogen) atoms. The highest BCUT2D eigenvalue weighted by atomic mass is 79.9. The quantitative estimate of drug-likeness (QED) is 0.784. The summed E-state index contributed by atoms with van der Waals surface area (Å²) in [6, 6.07) is 4.74. The third-order valence-corrected chi connectivity index (χ3v) is 4.10. The Morgan fingerprint density at radius 1 is 1.10 bits per heavy atom. The molecule has 2 rings (SSSR count).